The number of hydrogen-bond donors (Lipinski definition) is 4. The van der Waals surface area contributed by atoms with Crippen molar-refractivity contribution >= 4 is 19.6 Å². The zero-order valence-electron chi connectivity index (χ0n) is 19.9. The fourth-order valence-electron chi connectivity index (χ4n) is 3.48. The van der Waals surface area contributed by atoms with Gasteiger partial charge in [-0.05, 0) is 25.5 Å². The van der Waals surface area contributed by atoms with Crippen molar-refractivity contribution in [2.45, 2.75) is 141 Å². The van der Waals surface area contributed by atoms with Crippen LogP contribution in [0.15, 0.2) is 0 Å². The molecule has 0 heterocycles. The topological polar surface area (TPSA) is 98.0 Å². The third-order valence-corrected chi connectivity index (χ3v) is 6.36. The van der Waals surface area contributed by atoms with Gasteiger partial charge in [0.2, 0.25) is 0 Å². The highest BCUT2D eigenvalue weighted by molar-refractivity contribution is 7.99. The minimum Gasteiger partial charge on any atom is -0.393 e. The second kappa shape index (κ2) is 24.1. The van der Waals surface area contributed by atoms with Crippen molar-refractivity contribution in [3.63, 3.8) is 0 Å². The van der Waals surface area contributed by atoms with Crippen LogP contribution in [0.3, 0.4) is 0 Å². The van der Waals surface area contributed by atoms with E-state index in [4.69, 9.17) is 19.2 Å². The molecule has 0 rings (SSSR count). The summed E-state index contributed by atoms with van der Waals surface area (Å²) in [4.78, 5) is 21.6. The molecule has 0 spiro atoms. The average molecular weight is 471 g/mol. The predicted octanol–water partition coefficient (Wildman–Crippen LogP) is 7.21. The van der Waals surface area contributed by atoms with E-state index in [9.17, 15) is 5.11 Å². The van der Waals surface area contributed by atoms with Crippen LogP contribution >= 0.6 is 19.6 Å². The van der Waals surface area contributed by atoms with Crippen LogP contribution in [0, 0.1) is 0 Å². The van der Waals surface area contributed by atoms with Gasteiger partial charge in [-0.1, -0.05) is 110 Å². The summed E-state index contributed by atoms with van der Waals surface area (Å²) in [5.41, 5.74) is 0. The average Bonchev–Trinajstić information content (AvgIpc) is 2.62. The zero-order valence-corrected chi connectivity index (χ0v) is 21.6. The number of unbranched alkanes of at least 4 members (excludes halogenated alkanes) is 15. The molecule has 0 radical (unpaired) electrons. The molecule has 7 heteroatoms. The minimum atomic E-state index is -4.64. The molecule has 0 saturated carbocycles. The Labute approximate surface area is 191 Å². The van der Waals surface area contributed by atoms with Crippen molar-refractivity contribution in [3.05, 3.63) is 0 Å². The Hall–Kier alpha value is 0.420. The molecule has 0 aromatic carbocycles. The third kappa shape index (κ3) is 39.0. The zero-order chi connectivity index (χ0) is 23.1. The highest BCUT2D eigenvalue weighted by Gasteiger charge is 2.05. The van der Waals surface area contributed by atoms with E-state index in [-0.39, 0.29) is 6.10 Å². The number of aliphatic hydroxyl groups is 1. The van der Waals surface area contributed by atoms with Crippen molar-refractivity contribution in [1.82, 2.24) is 0 Å². The van der Waals surface area contributed by atoms with E-state index in [2.05, 4.69) is 13.8 Å². The van der Waals surface area contributed by atoms with Gasteiger partial charge in [-0.25, -0.2) is 4.57 Å². The van der Waals surface area contributed by atoms with Crippen LogP contribution in [0.5, 0.6) is 0 Å². The third-order valence-electron chi connectivity index (χ3n) is 5.07. The van der Waals surface area contributed by atoms with E-state index in [1.807, 2.05) is 18.7 Å². The van der Waals surface area contributed by atoms with Gasteiger partial charge in [-0.2, -0.15) is 11.8 Å². The Morgan fingerprint density at radius 1 is 0.667 bits per heavy atom. The van der Waals surface area contributed by atoms with E-state index in [0.29, 0.717) is 5.25 Å². The molecule has 184 valence electrons. The molecule has 2 atom stereocenters. The Morgan fingerprint density at radius 2 is 0.967 bits per heavy atom. The SMILES string of the molecule is CCCCCCCCCCCCCCCCCCSC(C)CC(C)O.O=P(O)(O)O. The van der Waals surface area contributed by atoms with Gasteiger partial charge >= 0.3 is 7.82 Å². The molecule has 0 aromatic rings. The van der Waals surface area contributed by atoms with Crippen molar-refractivity contribution < 1.29 is 24.4 Å². The summed E-state index contributed by atoms with van der Waals surface area (Å²) in [6.45, 7) is 6.43. The van der Waals surface area contributed by atoms with Crippen LogP contribution < -0.4 is 0 Å². The predicted molar refractivity (Wildman–Crippen MR) is 132 cm³/mol. The lowest BCUT2D eigenvalue weighted by atomic mass is 10.0. The minimum absolute atomic E-state index is 0.145. The second-order valence-electron chi connectivity index (χ2n) is 8.58. The Bertz CT molecular complexity index is 368. The second-order valence-corrected chi connectivity index (χ2v) is 11.2. The molecular weight excluding hydrogens is 419 g/mol. The largest absolute Gasteiger partial charge is 0.466 e. The molecule has 0 saturated heterocycles. The number of rotatable bonds is 20. The van der Waals surface area contributed by atoms with E-state index in [1.165, 1.54) is 108 Å². The highest BCUT2D eigenvalue weighted by Crippen LogP contribution is 2.25. The summed E-state index contributed by atoms with van der Waals surface area (Å²) in [5.74, 6) is 1.27. The van der Waals surface area contributed by atoms with Gasteiger partial charge in [0.05, 0.1) is 6.10 Å². The lowest BCUT2D eigenvalue weighted by Crippen LogP contribution is -2.09. The van der Waals surface area contributed by atoms with Gasteiger partial charge in [0.25, 0.3) is 0 Å². The van der Waals surface area contributed by atoms with Crippen molar-refractivity contribution in [1.29, 1.82) is 0 Å². The first-order valence-electron chi connectivity index (χ1n) is 12.2. The summed E-state index contributed by atoms with van der Waals surface area (Å²) in [6, 6.07) is 0. The molecule has 0 aliphatic heterocycles. The summed E-state index contributed by atoms with van der Waals surface area (Å²) in [6.07, 6.45) is 23.8. The quantitative estimate of drug-likeness (QED) is 0.111. The number of aliphatic hydroxyl groups excluding tert-OH is 1. The highest BCUT2D eigenvalue weighted by atomic mass is 32.2. The normalized spacial score (nSPS) is 13.6. The Kier molecular flexibility index (Phi) is 26.2. The Balaban J connectivity index is 0. The maximum Gasteiger partial charge on any atom is 0.466 e. The fourth-order valence-corrected chi connectivity index (χ4v) is 4.67. The first-order valence-corrected chi connectivity index (χ1v) is 14.9. The Morgan fingerprint density at radius 3 is 1.27 bits per heavy atom. The van der Waals surface area contributed by atoms with Crippen molar-refractivity contribution in [2.24, 2.45) is 0 Å². The van der Waals surface area contributed by atoms with E-state index >= 15 is 0 Å². The fraction of sp³-hybridized carbons (Fsp3) is 1.00. The van der Waals surface area contributed by atoms with Gasteiger partial charge in [-0.15, -0.1) is 0 Å². The van der Waals surface area contributed by atoms with Crippen LogP contribution in [0.2, 0.25) is 0 Å². The maximum atomic E-state index is 9.35. The molecule has 0 amide bonds. The first-order chi connectivity index (χ1) is 14.2. The summed E-state index contributed by atoms with van der Waals surface area (Å²) >= 11 is 2.03. The van der Waals surface area contributed by atoms with E-state index < -0.39 is 7.82 Å². The smallest absolute Gasteiger partial charge is 0.393 e. The number of thioether (sulfide) groups is 1. The summed E-state index contributed by atoms with van der Waals surface area (Å²) in [5, 5.41) is 9.96. The van der Waals surface area contributed by atoms with Crippen molar-refractivity contribution in [3.8, 4) is 0 Å². The van der Waals surface area contributed by atoms with Crippen LogP contribution in [0.4, 0.5) is 0 Å². The van der Waals surface area contributed by atoms with E-state index in [1.54, 1.807) is 0 Å². The maximum absolute atomic E-state index is 9.35. The number of phosphoric acid groups is 1. The van der Waals surface area contributed by atoms with E-state index in [0.717, 1.165) is 6.42 Å². The molecule has 30 heavy (non-hydrogen) atoms. The first kappa shape index (κ1) is 32.6. The molecule has 0 aromatic heterocycles. The summed E-state index contributed by atoms with van der Waals surface area (Å²) < 4.78 is 8.88. The molecule has 0 bridgehead atoms. The van der Waals surface area contributed by atoms with Gasteiger partial charge < -0.3 is 19.8 Å². The van der Waals surface area contributed by atoms with Crippen molar-refractivity contribution in [2.75, 3.05) is 5.75 Å². The van der Waals surface area contributed by atoms with Crippen LogP contribution in [0.25, 0.3) is 0 Å². The van der Waals surface area contributed by atoms with Crippen LogP contribution in [-0.2, 0) is 4.57 Å². The van der Waals surface area contributed by atoms with Gasteiger partial charge in [0, 0.05) is 5.25 Å². The van der Waals surface area contributed by atoms with Crippen LogP contribution in [-0.4, -0.2) is 36.9 Å². The molecule has 0 aliphatic rings. The van der Waals surface area contributed by atoms with Gasteiger partial charge in [0.15, 0.2) is 0 Å². The van der Waals surface area contributed by atoms with Gasteiger partial charge in [-0.3, -0.25) is 0 Å². The number of hydrogen-bond acceptors (Lipinski definition) is 3. The lowest BCUT2D eigenvalue weighted by Gasteiger charge is -2.12. The molecule has 0 fully saturated rings. The lowest BCUT2D eigenvalue weighted by molar-refractivity contribution is 0.185. The monoisotopic (exact) mass is 470 g/mol. The standard InChI is InChI=1S/C23H48OS.H3O4P/c1-4-5-6-7-8-9-10-11-12-13-14-15-16-17-18-19-20-25-23(3)21-22(2)24;1-5(2,3)4/h22-24H,4-21H2,1-3H3;(H3,1,2,3,4). The summed E-state index contributed by atoms with van der Waals surface area (Å²) in [7, 11) is -4.64. The molecule has 2 unspecified atom stereocenters. The van der Waals surface area contributed by atoms with Crippen LogP contribution in [0.1, 0.15) is 130 Å². The molecular formula is C23H51O5PS. The molecule has 4 N–H and O–H groups in total. The molecule has 0 aliphatic carbocycles. The van der Waals surface area contributed by atoms with Gasteiger partial charge in [0.1, 0.15) is 0 Å². The molecule has 5 nitrogen and oxygen atoms in total.